The Morgan fingerprint density at radius 1 is 1.27 bits per heavy atom. The molecule has 0 bridgehead atoms. The van der Waals surface area contributed by atoms with Crippen LogP contribution >= 0.6 is 0 Å². The maximum Gasteiger partial charge on any atom is 0.0234 e. The largest absolute Gasteiger partial charge is 1.00 e. The van der Waals surface area contributed by atoms with E-state index in [4.69, 9.17) is 5.84 Å². The number of hydrogen-bond donors (Lipinski definition) is 2. The zero-order valence-electron chi connectivity index (χ0n) is 6.69. The van der Waals surface area contributed by atoms with E-state index in [2.05, 4.69) is 17.4 Å². The summed E-state index contributed by atoms with van der Waals surface area (Å²) >= 11 is 0. The number of hydrazine groups is 1. The molecule has 1 aliphatic rings. The fourth-order valence-corrected chi connectivity index (χ4v) is 1.18. The summed E-state index contributed by atoms with van der Waals surface area (Å²) in [6.07, 6.45) is 2.38. The summed E-state index contributed by atoms with van der Waals surface area (Å²) in [5, 5.41) is 0. The average molecular weight is 200 g/mol. The number of nitrogens with one attached hydrogen (secondary N) is 1. The molecule has 0 aromatic carbocycles. The molecular weight excluding hydrogens is 185 g/mol. The molecule has 5 heteroatoms. The van der Waals surface area contributed by atoms with Gasteiger partial charge in [0.1, 0.15) is 0 Å². The van der Waals surface area contributed by atoms with Gasteiger partial charge in [0.2, 0.25) is 0 Å². The fraction of sp³-hybridized carbons (Fsp3) is 1.00. The topological polar surface area (TPSA) is 41.3 Å². The molecule has 1 saturated heterocycles. The van der Waals surface area contributed by atoms with Crippen molar-refractivity contribution >= 4 is 0 Å². The SMILES string of the molecule is CN1CCC(NN)CC1.[Cl-].[Cl-]. The van der Waals surface area contributed by atoms with Crippen LogP contribution in [0.25, 0.3) is 0 Å². The van der Waals surface area contributed by atoms with Crippen molar-refractivity contribution in [3.8, 4) is 0 Å². The second-order valence-electron chi connectivity index (χ2n) is 2.74. The molecule has 11 heavy (non-hydrogen) atoms. The first kappa shape index (κ1) is 14.0. The van der Waals surface area contributed by atoms with Crippen molar-refractivity contribution in [2.75, 3.05) is 20.1 Å². The monoisotopic (exact) mass is 199 g/mol. The predicted molar refractivity (Wildman–Crippen MR) is 37.8 cm³/mol. The van der Waals surface area contributed by atoms with Gasteiger partial charge in [0, 0.05) is 6.04 Å². The molecule has 1 heterocycles. The van der Waals surface area contributed by atoms with Crippen molar-refractivity contribution in [2.45, 2.75) is 18.9 Å². The summed E-state index contributed by atoms with van der Waals surface area (Å²) in [7, 11) is 2.15. The van der Waals surface area contributed by atoms with Gasteiger partial charge < -0.3 is 29.7 Å². The van der Waals surface area contributed by atoms with Crippen LogP contribution in [0, 0.1) is 0 Å². The van der Waals surface area contributed by atoms with Crippen molar-refractivity contribution in [3.05, 3.63) is 0 Å². The molecule has 70 valence electrons. The van der Waals surface area contributed by atoms with Gasteiger partial charge in [0.25, 0.3) is 0 Å². The summed E-state index contributed by atoms with van der Waals surface area (Å²) in [4.78, 5) is 2.33. The number of halogens is 2. The Bertz CT molecular complexity index is 83.9. The quantitative estimate of drug-likeness (QED) is 0.327. The smallest absolute Gasteiger partial charge is 0.0234 e. The second kappa shape index (κ2) is 7.13. The van der Waals surface area contributed by atoms with E-state index in [1.165, 1.54) is 25.9 Å². The normalized spacial score (nSPS) is 20.2. The highest BCUT2D eigenvalue weighted by Gasteiger charge is 2.13. The Labute approximate surface area is 80.5 Å². The summed E-state index contributed by atoms with van der Waals surface area (Å²) < 4.78 is 0. The minimum atomic E-state index is 0. The molecule has 0 aliphatic carbocycles. The molecule has 0 aromatic rings. The van der Waals surface area contributed by atoms with Gasteiger partial charge in [-0.15, -0.1) is 0 Å². The van der Waals surface area contributed by atoms with E-state index < -0.39 is 0 Å². The number of piperidine rings is 1. The third kappa shape index (κ3) is 4.82. The molecule has 0 amide bonds. The van der Waals surface area contributed by atoms with E-state index in [0.29, 0.717) is 6.04 Å². The van der Waals surface area contributed by atoms with Crippen LogP contribution in [0.3, 0.4) is 0 Å². The third-order valence-corrected chi connectivity index (χ3v) is 1.95. The van der Waals surface area contributed by atoms with Gasteiger partial charge >= 0.3 is 0 Å². The lowest BCUT2D eigenvalue weighted by Gasteiger charge is -2.28. The first-order chi connectivity index (χ1) is 4.33. The summed E-state index contributed by atoms with van der Waals surface area (Å²) in [5.41, 5.74) is 2.80. The van der Waals surface area contributed by atoms with Crippen LogP contribution in [0.4, 0.5) is 0 Å². The maximum absolute atomic E-state index is 5.28. The molecule has 3 N–H and O–H groups in total. The third-order valence-electron chi connectivity index (χ3n) is 1.95. The number of rotatable bonds is 1. The number of nitrogens with zero attached hydrogens (tertiary/aromatic N) is 1. The van der Waals surface area contributed by atoms with Gasteiger partial charge in [0.05, 0.1) is 0 Å². The van der Waals surface area contributed by atoms with Gasteiger partial charge in [-0.1, -0.05) is 0 Å². The highest BCUT2D eigenvalue weighted by atomic mass is 35.5. The highest BCUT2D eigenvalue weighted by molar-refractivity contribution is 4.72. The van der Waals surface area contributed by atoms with Crippen LogP contribution in [0.5, 0.6) is 0 Å². The number of hydrogen-bond acceptors (Lipinski definition) is 3. The molecular formula is C6H15Cl2N3-2. The average Bonchev–Trinajstić information content (AvgIpc) is 1.90. The first-order valence-electron chi connectivity index (χ1n) is 3.47. The van der Waals surface area contributed by atoms with E-state index in [1.54, 1.807) is 0 Å². The molecule has 0 atom stereocenters. The fourth-order valence-electron chi connectivity index (χ4n) is 1.18. The van der Waals surface area contributed by atoms with Gasteiger partial charge in [0.15, 0.2) is 0 Å². The van der Waals surface area contributed by atoms with Gasteiger partial charge in [-0.25, -0.2) is 0 Å². The molecule has 1 aliphatic heterocycles. The summed E-state index contributed by atoms with van der Waals surface area (Å²) in [6, 6.07) is 0.557. The van der Waals surface area contributed by atoms with Crippen molar-refractivity contribution in [2.24, 2.45) is 5.84 Å². The molecule has 1 rings (SSSR count). The minimum Gasteiger partial charge on any atom is -1.00 e. The Morgan fingerprint density at radius 3 is 2.09 bits per heavy atom. The maximum atomic E-state index is 5.28. The standard InChI is InChI=1S/C6H15N3.2ClH/c1-9-4-2-6(8-7)3-5-9;;/h6,8H,2-5,7H2,1H3;2*1H/p-2. The summed E-state index contributed by atoms with van der Waals surface area (Å²) in [6.45, 7) is 2.35. The zero-order valence-corrected chi connectivity index (χ0v) is 8.20. The van der Waals surface area contributed by atoms with Gasteiger partial charge in [-0.3, -0.25) is 11.3 Å². The predicted octanol–water partition coefficient (Wildman–Crippen LogP) is -6.45. The first-order valence-corrected chi connectivity index (χ1v) is 3.47. The Kier molecular flexibility index (Phi) is 9.08. The van der Waals surface area contributed by atoms with Crippen molar-refractivity contribution < 1.29 is 24.8 Å². The molecule has 0 spiro atoms. The van der Waals surface area contributed by atoms with E-state index in [9.17, 15) is 0 Å². The molecule has 3 nitrogen and oxygen atoms in total. The van der Waals surface area contributed by atoms with Crippen LogP contribution in [0.1, 0.15) is 12.8 Å². The lowest BCUT2D eigenvalue weighted by atomic mass is 10.1. The Balaban J connectivity index is 0. The van der Waals surface area contributed by atoms with E-state index in [-0.39, 0.29) is 24.8 Å². The van der Waals surface area contributed by atoms with Gasteiger partial charge in [-0.05, 0) is 33.0 Å². The Morgan fingerprint density at radius 2 is 1.73 bits per heavy atom. The molecule has 0 saturated carbocycles. The van der Waals surface area contributed by atoms with Crippen LogP contribution in [0.2, 0.25) is 0 Å². The minimum absolute atomic E-state index is 0. The van der Waals surface area contributed by atoms with E-state index in [0.717, 1.165) is 0 Å². The summed E-state index contributed by atoms with van der Waals surface area (Å²) in [5.74, 6) is 5.28. The van der Waals surface area contributed by atoms with Crippen molar-refractivity contribution in [1.82, 2.24) is 10.3 Å². The van der Waals surface area contributed by atoms with Crippen LogP contribution in [0.15, 0.2) is 0 Å². The zero-order chi connectivity index (χ0) is 6.69. The Hall–Kier alpha value is 0.460. The highest BCUT2D eigenvalue weighted by Crippen LogP contribution is 2.06. The van der Waals surface area contributed by atoms with Crippen molar-refractivity contribution in [3.63, 3.8) is 0 Å². The molecule has 0 radical (unpaired) electrons. The molecule has 0 aromatic heterocycles. The number of nitrogens with two attached hydrogens (primary N) is 1. The lowest BCUT2D eigenvalue weighted by Crippen LogP contribution is -3.00. The van der Waals surface area contributed by atoms with E-state index in [1.807, 2.05) is 0 Å². The van der Waals surface area contributed by atoms with Crippen molar-refractivity contribution in [1.29, 1.82) is 0 Å². The second-order valence-corrected chi connectivity index (χ2v) is 2.74. The van der Waals surface area contributed by atoms with Crippen LogP contribution in [-0.4, -0.2) is 31.1 Å². The van der Waals surface area contributed by atoms with Gasteiger partial charge in [-0.2, -0.15) is 0 Å². The van der Waals surface area contributed by atoms with E-state index >= 15 is 0 Å². The van der Waals surface area contributed by atoms with Crippen LogP contribution < -0.4 is 36.1 Å². The molecule has 0 unspecified atom stereocenters. The lowest BCUT2D eigenvalue weighted by molar-refractivity contribution is -0.00100. The molecule has 1 fully saturated rings. The van der Waals surface area contributed by atoms with Crippen LogP contribution in [-0.2, 0) is 0 Å². The number of likely N-dealkylation sites (tertiary alicyclic amines) is 1.